The molecule has 3 aromatic rings. The second-order valence-corrected chi connectivity index (χ2v) is 9.03. The van der Waals surface area contributed by atoms with Crippen molar-refractivity contribution in [3.8, 4) is 23.0 Å². The van der Waals surface area contributed by atoms with Gasteiger partial charge in [0, 0.05) is 31.1 Å². The van der Waals surface area contributed by atoms with Crippen molar-refractivity contribution in [3.63, 3.8) is 0 Å². The second-order valence-electron chi connectivity index (χ2n) is 9.03. The number of hydrogen-bond donors (Lipinski definition) is 0. The van der Waals surface area contributed by atoms with E-state index >= 15 is 0 Å². The summed E-state index contributed by atoms with van der Waals surface area (Å²) in [6.07, 6.45) is -5.13. The van der Waals surface area contributed by atoms with Crippen molar-refractivity contribution in [1.29, 1.82) is 0 Å². The van der Waals surface area contributed by atoms with Crippen LogP contribution in [0.25, 0.3) is 0 Å². The van der Waals surface area contributed by atoms with Crippen molar-refractivity contribution in [3.05, 3.63) is 109 Å². The number of rotatable bonds is 18. The van der Waals surface area contributed by atoms with E-state index in [0.29, 0.717) is 18.9 Å². The lowest BCUT2D eigenvalue weighted by molar-refractivity contribution is -0.189. The topological polar surface area (TPSA) is 89.5 Å². The fraction of sp³-hybridized carbons (Fsp3) is 0.250. The molecule has 0 amide bonds. The fourth-order valence-corrected chi connectivity index (χ4v) is 3.48. The molecule has 45 heavy (non-hydrogen) atoms. The van der Waals surface area contributed by atoms with Gasteiger partial charge >= 0.3 is 24.2 Å². The van der Waals surface area contributed by atoms with Gasteiger partial charge in [-0.15, -0.1) is 0 Å². The Morgan fingerprint density at radius 1 is 0.622 bits per heavy atom. The summed E-state index contributed by atoms with van der Waals surface area (Å²) in [4.78, 5) is 22.0. The molecule has 240 valence electrons. The molecule has 0 unspecified atom stereocenters. The summed E-state index contributed by atoms with van der Waals surface area (Å²) in [5.41, 5.74) is -1.20. The van der Waals surface area contributed by atoms with Crippen LogP contribution in [-0.2, 0) is 31.3 Å². The van der Waals surface area contributed by atoms with Crippen LogP contribution >= 0.6 is 0 Å². The maximum Gasteiger partial charge on any atom is 0.426 e. The third-order valence-corrected chi connectivity index (χ3v) is 5.71. The van der Waals surface area contributed by atoms with Crippen molar-refractivity contribution in [2.24, 2.45) is 0 Å². The van der Waals surface area contributed by atoms with E-state index in [1.165, 1.54) is 24.3 Å². The first-order valence-corrected chi connectivity index (χ1v) is 13.4. The third kappa shape index (κ3) is 10.9. The molecule has 0 saturated carbocycles. The van der Waals surface area contributed by atoms with Crippen LogP contribution in [0.15, 0.2) is 92.0 Å². The lowest BCUT2D eigenvalue weighted by atomic mass is 10.2. The Labute approximate surface area is 255 Å². The molecule has 0 aliphatic heterocycles. The SMILES string of the molecule is C=CC(=O)OCCCOc1ccc(C(F)(F)Oc2ccc(OC(F)(F)c3ccc(OCCCOC(=O)C=C)cc3)c(F)c2)cc1. The number of ether oxygens (including phenoxy) is 6. The Balaban J connectivity index is 1.53. The zero-order valence-corrected chi connectivity index (χ0v) is 23.8. The highest BCUT2D eigenvalue weighted by Crippen LogP contribution is 2.37. The molecule has 13 heteroatoms. The van der Waals surface area contributed by atoms with Gasteiger partial charge in [0.1, 0.15) is 17.2 Å². The predicted octanol–water partition coefficient (Wildman–Crippen LogP) is 7.08. The van der Waals surface area contributed by atoms with Gasteiger partial charge in [-0.2, -0.15) is 17.6 Å². The summed E-state index contributed by atoms with van der Waals surface area (Å²) in [7, 11) is 0. The van der Waals surface area contributed by atoms with E-state index in [9.17, 15) is 31.5 Å². The van der Waals surface area contributed by atoms with E-state index in [1.54, 1.807) is 0 Å². The molecule has 0 radical (unpaired) electrons. The Morgan fingerprint density at radius 2 is 1.04 bits per heavy atom. The van der Waals surface area contributed by atoms with Gasteiger partial charge in [0.15, 0.2) is 11.6 Å². The number of esters is 2. The zero-order valence-electron chi connectivity index (χ0n) is 23.8. The number of hydrogen-bond acceptors (Lipinski definition) is 8. The van der Waals surface area contributed by atoms with Crippen molar-refractivity contribution in [1.82, 2.24) is 0 Å². The fourth-order valence-electron chi connectivity index (χ4n) is 3.48. The Bertz CT molecular complexity index is 1440. The van der Waals surface area contributed by atoms with Crippen LogP contribution in [0.5, 0.6) is 23.0 Å². The van der Waals surface area contributed by atoms with E-state index in [0.717, 1.165) is 48.6 Å². The molecule has 0 bridgehead atoms. The van der Waals surface area contributed by atoms with E-state index in [2.05, 4.69) is 22.6 Å². The van der Waals surface area contributed by atoms with Crippen molar-refractivity contribution in [2.45, 2.75) is 25.1 Å². The molecular formula is C32H29F5O8. The van der Waals surface area contributed by atoms with Gasteiger partial charge in [-0.05, 0) is 60.7 Å². The third-order valence-electron chi connectivity index (χ3n) is 5.71. The van der Waals surface area contributed by atoms with Crippen molar-refractivity contribution >= 4 is 11.9 Å². The highest BCUT2D eigenvalue weighted by atomic mass is 19.3. The van der Waals surface area contributed by atoms with Crippen LogP contribution in [0.1, 0.15) is 24.0 Å². The largest absolute Gasteiger partial charge is 0.493 e. The Morgan fingerprint density at radius 3 is 1.47 bits per heavy atom. The number of carbonyl (C=O) groups is 2. The summed E-state index contributed by atoms with van der Waals surface area (Å²) in [5, 5.41) is 0. The van der Waals surface area contributed by atoms with Crippen molar-refractivity contribution in [2.75, 3.05) is 26.4 Å². The standard InChI is InChI=1S/C32H29F5O8/c1-3-29(38)42-19-5-17-40-24-11-7-22(8-12-24)31(34,35)44-26-15-16-28(27(33)21-26)45-32(36,37)23-9-13-25(14-10-23)41-18-6-20-43-30(39)4-2/h3-4,7-16,21H,1-2,5-6,17-20H2. The molecule has 0 fully saturated rings. The van der Waals surface area contributed by atoms with Crippen LogP contribution in [0.4, 0.5) is 22.0 Å². The number of alkyl halides is 4. The lowest BCUT2D eigenvalue weighted by Crippen LogP contribution is -2.23. The maximum atomic E-state index is 14.7. The quantitative estimate of drug-likeness (QED) is 0.0634. The van der Waals surface area contributed by atoms with Crippen LogP contribution in [0, 0.1) is 5.82 Å². The van der Waals surface area contributed by atoms with Gasteiger partial charge < -0.3 is 28.4 Å². The number of halogens is 5. The van der Waals surface area contributed by atoms with Gasteiger partial charge in [0.05, 0.1) is 37.6 Å². The summed E-state index contributed by atoms with van der Waals surface area (Å²) < 4.78 is 103. The van der Waals surface area contributed by atoms with Gasteiger partial charge in [0.25, 0.3) is 0 Å². The van der Waals surface area contributed by atoms with Crippen LogP contribution in [-0.4, -0.2) is 38.4 Å². The van der Waals surface area contributed by atoms with Gasteiger partial charge in [-0.3, -0.25) is 0 Å². The first-order chi connectivity index (χ1) is 21.4. The first-order valence-electron chi connectivity index (χ1n) is 13.4. The normalized spacial score (nSPS) is 11.2. The summed E-state index contributed by atoms with van der Waals surface area (Å²) in [5.74, 6) is -3.52. The van der Waals surface area contributed by atoms with E-state index in [1.807, 2.05) is 0 Å². The molecule has 0 spiro atoms. The Kier molecular flexibility index (Phi) is 12.3. The summed E-state index contributed by atoms with van der Waals surface area (Å²) in [6.45, 7) is 7.01. The second kappa shape index (κ2) is 16.1. The highest BCUT2D eigenvalue weighted by Gasteiger charge is 2.37. The summed E-state index contributed by atoms with van der Waals surface area (Å²) >= 11 is 0. The summed E-state index contributed by atoms with van der Waals surface area (Å²) in [6, 6.07) is 11.3. The van der Waals surface area contributed by atoms with Crippen LogP contribution in [0.2, 0.25) is 0 Å². The molecule has 0 heterocycles. The minimum atomic E-state index is -3.98. The zero-order chi connectivity index (χ0) is 32.9. The number of benzene rings is 3. The molecule has 3 aromatic carbocycles. The Hall–Kier alpha value is -5.07. The van der Waals surface area contributed by atoms with Gasteiger partial charge in [-0.25, -0.2) is 14.0 Å². The van der Waals surface area contributed by atoms with Gasteiger partial charge in [0.2, 0.25) is 0 Å². The number of carbonyl (C=O) groups excluding carboxylic acids is 2. The molecule has 0 saturated heterocycles. The molecule has 0 aromatic heterocycles. The van der Waals surface area contributed by atoms with Crippen molar-refractivity contribution < 1.29 is 60.0 Å². The minimum Gasteiger partial charge on any atom is -0.493 e. The monoisotopic (exact) mass is 636 g/mol. The average Bonchev–Trinajstić information content (AvgIpc) is 3.02. The first kappa shape index (κ1) is 34.4. The molecule has 3 rings (SSSR count). The van der Waals surface area contributed by atoms with Gasteiger partial charge in [-0.1, -0.05) is 13.2 Å². The van der Waals surface area contributed by atoms with E-state index < -0.39 is 52.6 Å². The average molecular weight is 637 g/mol. The van der Waals surface area contributed by atoms with Crippen LogP contribution in [0.3, 0.4) is 0 Å². The molecule has 0 aliphatic rings. The maximum absolute atomic E-state index is 14.7. The minimum absolute atomic E-state index is 0.0880. The molecular weight excluding hydrogens is 607 g/mol. The van der Waals surface area contributed by atoms with E-state index in [-0.39, 0.29) is 37.9 Å². The lowest BCUT2D eigenvalue weighted by Gasteiger charge is -2.21. The predicted molar refractivity (Wildman–Crippen MR) is 151 cm³/mol. The highest BCUT2D eigenvalue weighted by molar-refractivity contribution is 5.81. The molecule has 0 aliphatic carbocycles. The molecule has 0 N–H and O–H groups in total. The molecule has 0 atom stereocenters. The van der Waals surface area contributed by atoms with E-state index in [4.69, 9.17) is 18.9 Å². The molecule has 8 nitrogen and oxygen atoms in total. The van der Waals surface area contributed by atoms with Crippen LogP contribution < -0.4 is 18.9 Å². The smallest absolute Gasteiger partial charge is 0.426 e.